The Morgan fingerprint density at radius 1 is 0.848 bits per heavy atom. The van der Waals surface area contributed by atoms with Crippen molar-refractivity contribution in [2.24, 2.45) is 0 Å². The predicted octanol–water partition coefficient (Wildman–Crippen LogP) is 4.30. The number of nitrogens with zero attached hydrogens (tertiary/aromatic N) is 3. The first-order valence-corrected chi connectivity index (χ1v) is 12.2. The van der Waals surface area contributed by atoms with E-state index in [2.05, 4.69) is 11.0 Å². The lowest BCUT2D eigenvalue weighted by molar-refractivity contribution is 0.0438. The molecule has 2 amide bonds. The van der Waals surface area contributed by atoms with Crippen LogP contribution in [-0.4, -0.2) is 65.0 Å². The molecule has 1 atom stereocenters. The number of rotatable bonds is 5. The lowest BCUT2D eigenvalue weighted by Crippen LogP contribution is -2.37. The molecule has 5 rings (SSSR count). The van der Waals surface area contributed by atoms with Gasteiger partial charge in [0.05, 0.1) is 6.54 Å². The summed E-state index contributed by atoms with van der Waals surface area (Å²) in [6.07, 6.45) is 4.56. The van der Waals surface area contributed by atoms with Crippen molar-refractivity contribution in [1.29, 1.82) is 0 Å². The van der Waals surface area contributed by atoms with Gasteiger partial charge in [-0.1, -0.05) is 48.5 Å². The molecule has 3 saturated heterocycles. The van der Waals surface area contributed by atoms with Crippen molar-refractivity contribution < 1.29 is 14.3 Å². The van der Waals surface area contributed by atoms with Crippen molar-refractivity contribution in [2.75, 3.05) is 32.7 Å². The molecule has 6 heteroatoms. The van der Waals surface area contributed by atoms with E-state index in [9.17, 15) is 9.59 Å². The van der Waals surface area contributed by atoms with Crippen LogP contribution in [0.5, 0.6) is 0 Å². The summed E-state index contributed by atoms with van der Waals surface area (Å²) in [5.41, 5.74) is 2.54. The number of carbonyl (C=O) groups is 2. The number of ether oxygens (including phenoxy) is 1. The highest BCUT2D eigenvalue weighted by Crippen LogP contribution is 2.34. The minimum Gasteiger partial charge on any atom is -0.441 e. The molecule has 0 saturated carbocycles. The van der Waals surface area contributed by atoms with E-state index in [-0.39, 0.29) is 12.0 Å². The second-order valence-electron chi connectivity index (χ2n) is 9.68. The summed E-state index contributed by atoms with van der Waals surface area (Å²) < 4.78 is 5.94. The summed E-state index contributed by atoms with van der Waals surface area (Å²) in [7, 11) is 0. The first kappa shape index (κ1) is 22.0. The molecule has 3 heterocycles. The first-order chi connectivity index (χ1) is 16.1. The zero-order valence-electron chi connectivity index (χ0n) is 19.2. The van der Waals surface area contributed by atoms with Crippen LogP contribution < -0.4 is 0 Å². The number of hydrogen-bond acceptors (Lipinski definition) is 4. The van der Waals surface area contributed by atoms with Gasteiger partial charge < -0.3 is 9.64 Å². The first-order valence-electron chi connectivity index (χ1n) is 12.2. The van der Waals surface area contributed by atoms with Gasteiger partial charge in [-0.2, -0.15) is 0 Å². The lowest BCUT2D eigenvalue weighted by Gasteiger charge is -2.26. The molecule has 2 aromatic carbocycles. The Morgan fingerprint density at radius 3 is 2.42 bits per heavy atom. The van der Waals surface area contributed by atoms with E-state index in [1.807, 2.05) is 53.4 Å². The Morgan fingerprint density at radius 2 is 1.61 bits per heavy atom. The maximum atomic E-state index is 13.5. The van der Waals surface area contributed by atoms with Crippen LogP contribution in [0.3, 0.4) is 0 Å². The average molecular weight is 448 g/mol. The standard InChI is InChI=1S/C27H33N3O3/c31-25(24-12-5-4-11-23(24)20-28-15-6-7-16-28)29-17-8-13-27(14-18-29)21-30(26(32)33-27)19-22-9-2-1-3-10-22/h1-5,9-12H,6-8,13-21H2/t27-/m1/s1. The van der Waals surface area contributed by atoms with Crippen LogP contribution >= 0.6 is 0 Å². The Hall–Kier alpha value is -2.86. The summed E-state index contributed by atoms with van der Waals surface area (Å²) in [5.74, 6) is 0.104. The van der Waals surface area contributed by atoms with Gasteiger partial charge in [-0.15, -0.1) is 0 Å². The molecule has 3 aliphatic heterocycles. The second kappa shape index (κ2) is 9.56. The van der Waals surface area contributed by atoms with Gasteiger partial charge in [0.2, 0.25) is 0 Å². The number of amides is 2. The molecular formula is C27H33N3O3. The zero-order chi connectivity index (χ0) is 22.7. The smallest absolute Gasteiger partial charge is 0.410 e. The predicted molar refractivity (Wildman–Crippen MR) is 127 cm³/mol. The van der Waals surface area contributed by atoms with E-state index in [0.29, 0.717) is 32.6 Å². The van der Waals surface area contributed by atoms with E-state index in [0.717, 1.165) is 49.2 Å². The van der Waals surface area contributed by atoms with Crippen LogP contribution in [0.25, 0.3) is 0 Å². The van der Waals surface area contributed by atoms with Crippen molar-refractivity contribution in [3.8, 4) is 0 Å². The molecule has 0 aliphatic carbocycles. The minimum absolute atomic E-state index is 0.104. The van der Waals surface area contributed by atoms with Crippen LogP contribution in [-0.2, 0) is 17.8 Å². The van der Waals surface area contributed by atoms with Gasteiger partial charge in [0.15, 0.2) is 0 Å². The topological polar surface area (TPSA) is 53.1 Å². The monoisotopic (exact) mass is 447 g/mol. The van der Waals surface area contributed by atoms with Gasteiger partial charge in [-0.05, 0) is 56.0 Å². The van der Waals surface area contributed by atoms with Crippen molar-refractivity contribution in [3.63, 3.8) is 0 Å². The molecule has 174 valence electrons. The second-order valence-corrected chi connectivity index (χ2v) is 9.68. The number of hydrogen-bond donors (Lipinski definition) is 0. The highest BCUT2D eigenvalue weighted by Gasteiger charge is 2.46. The molecule has 0 radical (unpaired) electrons. The fourth-order valence-electron chi connectivity index (χ4n) is 5.47. The summed E-state index contributed by atoms with van der Waals surface area (Å²) in [6, 6.07) is 18.1. The molecule has 1 spiro atoms. The fraction of sp³-hybridized carbons (Fsp3) is 0.481. The van der Waals surface area contributed by atoms with Crippen molar-refractivity contribution >= 4 is 12.0 Å². The molecule has 0 aromatic heterocycles. The van der Waals surface area contributed by atoms with Crippen LogP contribution in [0, 0.1) is 0 Å². The van der Waals surface area contributed by atoms with Crippen molar-refractivity contribution in [1.82, 2.24) is 14.7 Å². The molecule has 33 heavy (non-hydrogen) atoms. The normalized spacial score (nSPS) is 23.7. The Kier molecular flexibility index (Phi) is 6.36. The molecule has 2 aromatic rings. The fourth-order valence-corrected chi connectivity index (χ4v) is 5.47. The van der Waals surface area contributed by atoms with Gasteiger partial charge in [0, 0.05) is 38.2 Å². The van der Waals surface area contributed by atoms with Crippen LogP contribution in [0.1, 0.15) is 53.6 Å². The molecule has 0 N–H and O–H groups in total. The minimum atomic E-state index is -0.490. The van der Waals surface area contributed by atoms with E-state index < -0.39 is 5.60 Å². The number of benzene rings is 2. The third kappa shape index (κ3) is 4.91. The summed E-state index contributed by atoms with van der Waals surface area (Å²) in [5, 5.41) is 0. The van der Waals surface area contributed by atoms with Crippen LogP contribution in [0.15, 0.2) is 54.6 Å². The maximum Gasteiger partial charge on any atom is 0.410 e. The van der Waals surface area contributed by atoms with E-state index in [1.165, 1.54) is 12.8 Å². The Balaban J connectivity index is 1.24. The third-order valence-electron chi connectivity index (χ3n) is 7.28. The molecule has 3 fully saturated rings. The highest BCUT2D eigenvalue weighted by atomic mass is 16.6. The summed E-state index contributed by atoms with van der Waals surface area (Å²) >= 11 is 0. The van der Waals surface area contributed by atoms with Crippen LogP contribution in [0.2, 0.25) is 0 Å². The molecule has 0 unspecified atom stereocenters. The van der Waals surface area contributed by atoms with E-state index in [1.54, 1.807) is 4.90 Å². The summed E-state index contributed by atoms with van der Waals surface area (Å²) in [4.78, 5) is 32.3. The zero-order valence-corrected chi connectivity index (χ0v) is 19.2. The van der Waals surface area contributed by atoms with E-state index in [4.69, 9.17) is 4.74 Å². The molecular weight excluding hydrogens is 414 g/mol. The average Bonchev–Trinajstić information content (AvgIpc) is 3.38. The van der Waals surface area contributed by atoms with Crippen LogP contribution in [0.4, 0.5) is 4.79 Å². The lowest BCUT2D eigenvalue weighted by atomic mass is 9.95. The Bertz CT molecular complexity index is 989. The number of carbonyl (C=O) groups excluding carboxylic acids is 2. The van der Waals surface area contributed by atoms with Gasteiger partial charge in [0.25, 0.3) is 5.91 Å². The number of likely N-dealkylation sites (tertiary alicyclic amines) is 2. The largest absolute Gasteiger partial charge is 0.441 e. The third-order valence-corrected chi connectivity index (χ3v) is 7.28. The maximum absolute atomic E-state index is 13.5. The van der Waals surface area contributed by atoms with Gasteiger partial charge in [-0.25, -0.2) is 4.79 Å². The molecule has 3 aliphatic rings. The SMILES string of the molecule is O=C1O[C@@]2(CCCN(C(=O)c3ccccc3CN3CCCC3)CC2)CN1Cc1ccccc1. The quantitative estimate of drug-likeness (QED) is 0.686. The summed E-state index contributed by atoms with van der Waals surface area (Å²) in [6.45, 7) is 5.53. The van der Waals surface area contributed by atoms with Crippen molar-refractivity contribution in [3.05, 3.63) is 71.3 Å². The van der Waals surface area contributed by atoms with Gasteiger partial charge >= 0.3 is 6.09 Å². The molecule has 0 bridgehead atoms. The van der Waals surface area contributed by atoms with E-state index >= 15 is 0 Å². The van der Waals surface area contributed by atoms with Gasteiger partial charge in [0.1, 0.15) is 5.60 Å². The highest BCUT2D eigenvalue weighted by molar-refractivity contribution is 5.95. The molecule has 6 nitrogen and oxygen atoms in total. The Labute approximate surface area is 196 Å². The van der Waals surface area contributed by atoms with Gasteiger partial charge in [-0.3, -0.25) is 14.6 Å². The van der Waals surface area contributed by atoms with Crippen molar-refractivity contribution in [2.45, 2.75) is 50.8 Å².